The van der Waals surface area contributed by atoms with E-state index < -0.39 is 5.97 Å². The number of hydrogen-bond acceptors (Lipinski definition) is 4. The molecule has 138 valence electrons. The molecule has 7 heteroatoms. The minimum atomic E-state index is -0.549. The average molecular weight is 367 g/mol. The maximum atomic E-state index is 13.0. The van der Waals surface area contributed by atoms with Crippen LogP contribution in [0.25, 0.3) is 11.1 Å². The van der Waals surface area contributed by atoms with E-state index in [1.165, 1.54) is 25.3 Å². The van der Waals surface area contributed by atoms with Gasteiger partial charge in [0, 0.05) is 17.3 Å². The molecule has 2 aromatic carbocycles. The fourth-order valence-corrected chi connectivity index (χ4v) is 2.73. The van der Waals surface area contributed by atoms with Gasteiger partial charge in [-0.2, -0.15) is 5.10 Å². The SMILES string of the molecule is COC(=O)c1cc(C(=O)NC(C)c2ccc(F)cc2)ccc1-c1cn[nH]c1. The number of benzene rings is 2. The Morgan fingerprint density at radius 3 is 2.56 bits per heavy atom. The number of methoxy groups -OCH3 is 1. The number of H-pyrrole nitrogens is 1. The summed E-state index contributed by atoms with van der Waals surface area (Å²) in [6.07, 6.45) is 3.23. The van der Waals surface area contributed by atoms with E-state index in [4.69, 9.17) is 4.74 Å². The van der Waals surface area contributed by atoms with Gasteiger partial charge in [0.25, 0.3) is 5.91 Å². The molecule has 3 rings (SSSR count). The summed E-state index contributed by atoms with van der Waals surface area (Å²) in [4.78, 5) is 24.8. The van der Waals surface area contributed by atoms with Crippen molar-refractivity contribution in [1.29, 1.82) is 0 Å². The highest BCUT2D eigenvalue weighted by Crippen LogP contribution is 2.25. The van der Waals surface area contributed by atoms with Crippen molar-refractivity contribution < 1.29 is 18.7 Å². The number of nitrogens with one attached hydrogen (secondary N) is 2. The Morgan fingerprint density at radius 2 is 1.93 bits per heavy atom. The van der Waals surface area contributed by atoms with Crippen LogP contribution in [-0.4, -0.2) is 29.2 Å². The van der Waals surface area contributed by atoms with Crippen LogP contribution in [0.1, 0.15) is 39.2 Å². The van der Waals surface area contributed by atoms with Gasteiger partial charge in [-0.1, -0.05) is 18.2 Å². The van der Waals surface area contributed by atoms with E-state index in [0.29, 0.717) is 16.7 Å². The van der Waals surface area contributed by atoms with E-state index in [1.54, 1.807) is 43.6 Å². The van der Waals surface area contributed by atoms with Gasteiger partial charge in [-0.05, 0) is 42.3 Å². The molecule has 0 spiro atoms. The highest BCUT2D eigenvalue weighted by Gasteiger charge is 2.18. The van der Waals surface area contributed by atoms with Crippen molar-refractivity contribution in [1.82, 2.24) is 15.5 Å². The number of ether oxygens (including phenoxy) is 1. The molecule has 1 atom stereocenters. The second kappa shape index (κ2) is 7.82. The zero-order chi connectivity index (χ0) is 19.4. The Bertz CT molecular complexity index is 953. The molecule has 0 aliphatic carbocycles. The summed E-state index contributed by atoms with van der Waals surface area (Å²) >= 11 is 0. The molecule has 0 bridgehead atoms. The van der Waals surface area contributed by atoms with Crippen LogP contribution in [-0.2, 0) is 4.74 Å². The van der Waals surface area contributed by atoms with Crippen molar-refractivity contribution in [2.45, 2.75) is 13.0 Å². The normalized spacial score (nSPS) is 11.7. The van der Waals surface area contributed by atoms with E-state index in [1.807, 2.05) is 0 Å². The third-order valence-corrected chi connectivity index (χ3v) is 4.21. The van der Waals surface area contributed by atoms with Gasteiger partial charge in [0.1, 0.15) is 5.82 Å². The Balaban J connectivity index is 1.86. The lowest BCUT2D eigenvalue weighted by Gasteiger charge is -2.15. The number of rotatable bonds is 5. The maximum Gasteiger partial charge on any atom is 0.338 e. The van der Waals surface area contributed by atoms with Crippen LogP contribution in [0.3, 0.4) is 0 Å². The lowest BCUT2D eigenvalue weighted by molar-refractivity contribution is 0.0601. The van der Waals surface area contributed by atoms with Crippen LogP contribution in [0.15, 0.2) is 54.9 Å². The fraction of sp³-hybridized carbons (Fsp3) is 0.150. The summed E-state index contributed by atoms with van der Waals surface area (Å²) in [7, 11) is 1.28. The molecule has 6 nitrogen and oxygen atoms in total. The lowest BCUT2D eigenvalue weighted by atomic mass is 9.99. The number of carbonyl (C=O) groups excluding carboxylic acids is 2. The van der Waals surface area contributed by atoms with E-state index in [-0.39, 0.29) is 23.3 Å². The number of aromatic nitrogens is 2. The number of esters is 1. The third-order valence-electron chi connectivity index (χ3n) is 4.21. The minimum absolute atomic E-state index is 0.265. The molecule has 1 amide bonds. The van der Waals surface area contributed by atoms with Crippen LogP contribution in [0.4, 0.5) is 4.39 Å². The van der Waals surface area contributed by atoms with Crippen molar-refractivity contribution >= 4 is 11.9 Å². The van der Waals surface area contributed by atoms with E-state index in [9.17, 15) is 14.0 Å². The summed E-state index contributed by atoms with van der Waals surface area (Å²) in [6, 6.07) is 10.4. The Labute approximate surface area is 155 Å². The quantitative estimate of drug-likeness (QED) is 0.676. The van der Waals surface area contributed by atoms with Gasteiger partial charge < -0.3 is 10.1 Å². The Kier molecular flexibility index (Phi) is 5.30. The van der Waals surface area contributed by atoms with Crippen LogP contribution >= 0.6 is 0 Å². The van der Waals surface area contributed by atoms with E-state index >= 15 is 0 Å². The first-order chi connectivity index (χ1) is 13.0. The highest BCUT2D eigenvalue weighted by atomic mass is 19.1. The monoisotopic (exact) mass is 367 g/mol. The predicted molar refractivity (Wildman–Crippen MR) is 97.6 cm³/mol. The fourth-order valence-electron chi connectivity index (χ4n) is 2.73. The molecular weight excluding hydrogens is 349 g/mol. The highest BCUT2D eigenvalue weighted by molar-refractivity contribution is 6.02. The van der Waals surface area contributed by atoms with Crippen LogP contribution in [0.5, 0.6) is 0 Å². The van der Waals surface area contributed by atoms with Gasteiger partial charge in [-0.15, -0.1) is 0 Å². The number of amides is 1. The molecule has 0 aliphatic heterocycles. The largest absolute Gasteiger partial charge is 0.465 e. The summed E-state index contributed by atoms with van der Waals surface area (Å²) < 4.78 is 17.9. The molecule has 0 radical (unpaired) electrons. The zero-order valence-electron chi connectivity index (χ0n) is 14.8. The molecule has 0 aliphatic rings. The second-order valence-corrected chi connectivity index (χ2v) is 5.99. The van der Waals surface area contributed by atoms with Gasteiger partial charge in [-0.3, -0.25) is 9.89 Å². The zero-order valence-corrected chi connectivity index (χ0v) is 14.8. The van der Waals surface area contributed by atoms with E-state index in [2.05, 4.69) is 15.5 Å². The number of aromatic amines is 1. The first-order valence-electron chi connectivity index (χ1n) is 8.27. The molecule has 1 unspecified atom stereocenters. The van der Waals surface area contributed by atoms with Gasteiger partial charge in [0.05, 0.1) is 24.9 Å². The average Bonchev–Trinajstić information content (AvgIpc) is 3.22. The van der Waals surface area contributed by atoms with Crippen LogP contribution < -0.4 is 5.32 Å². The van der Waals surface area contributed by atoms with Gasteiger partial charge in [0.2, 0.25) is 0 Å². The maximum absolute atomic E-state index is 13.0. The molecule has 0 saturated heterocycles. The standard InChI is InChI=1S/C20H18FN3O3/c1-12(13-3-6-16(21)7-4-13)24-19(25)14-5-8-17(15-10-22-23-11-15)18(9-14)20(26)27-2/h3-12H,1-2H3,(H,22,23)(H,24,25). The Hall–Kier alpha value is -3.48. The summed E-state index contributed by atoms with van der Waals surface area (Å²) in [5.74, 6) is -1.24. The lowest BCUT2D eigenvalue weighted by Crippen LogP contribution is -2.27. The first kappa shape index (κ1) is 18.3. The molecule has 27 heavy (non-hydrogen) atoms. The van der Waals surface area contributed by atoms with Gasteiger partial charge in [-0.25, -0.2) is 9.18 Å². The van der Waals surface area contributed by atoms with E-state index in [0.717, 1.165) is 5.56 Å². The predicted octanol–water partition coefficient (Wildman–Crippen LogP) is 3.49. The molecule has 0 fully saturated rings. The smallest absolute Gasteiger partial charge is 0.338 e. The molecule has 0 saturated carbocycles. The molecular formula is C20H18FN3O3. The van der Waals surface area contributed by atoms with Crippen LogP contribution in [0.2, 0.25) is 0 Å². The topological polar surface area (TPSA) is 84.1 Å². The van der Waals surface area contributed by atoms with Crippen molar-refractivity contribution in [3.63, 3.8) is 0 Å². The number of halogens is 1. The number of carbonyl (C=O) groups is 2. The first-order valence-corrected chi connectivity index (χ1v) is 8.27. The summed E-state index contributed by atoms with van der Waals surface area (Å²) in [5, 5.41) is 9.41. The van der Waals surface area contributed by atoms with Crippen molar-refractivity contribution in [2.24, 2.45) is 0 Å². The minimum Gasteiger partial charge on any atom is -0.465 e. The molecule has 2 N–H and O–H groups in total. The number of nitrogens with zero attached hydrogens (tertiary/aromatic N) is 1. The van der Waals surface area contributed by atoms with Crippen LogP contribution in [0, 0.1) is 5.82 Å². The summed E-state index contributed by atoms with van der Waals surface area (Å²) in [6.45, 7) is 1.80. The number of hydrogen-bond donors (Lipinski definition) is 2. The van der Waals surface area contributed by atoms with Crippen molar-refractivity contribution in [2.75, 3.05) is 7.11 Å². The summed E-state index contributed by atoms with van der Waals surface area (Å²) in [5.41, 5.74) is 2.67. The Morgan fingerprint density at radius 1 is 1.19 bits per heavy atom. The van der Waals surface area contributed by atoms with Gasteiger partial charge >= 0.3 is 5.97 Å². The van der Waals surface area contributed by atoms with Gasteiger partial charge in [0.15, 0.2) is 0 Å². The van der Waals surface area contributed by atoms with Crippen molar-refractivity contribution in [3.8, 4) is 11.1 Å². The van der Waals surface area contributed by atoms with Crippen molar-refractivity contribution in [3.05, 3.63) is 77.4 Å². The molecule has 1 aromatic heterocycles. The third kappa shape index (κ3) is 4.03. The molecule has 3 aromatic rings. The molecule has 1 heterocycles. The second-order valence-electron chi connectivity index (χ2n) is 5.99.